The molecule has 18 heavy (non-hydrogen) atoms. The summed E-state index contributed by atoms with van der Waals surface area (Å²) in [5.74, 6) is -1.14. The van der Waals surface area contributed by atoms with Gasteiger partial charge in [0.25, 0.3) is 0 Å². The van der Waals surface area contributed by atoms with Gasteiger partial charge in [-0.2, -0.15) is 0 Å². The minimum atomic E-state index is -0.660. The third kappa shape index (κ3) is 2.75. The van der Waals surface area contributed by atoms with E-state index in [2.05, 4.69) is 5.32 Å². The van der Waals surface area contributed by atoms with E-state index in [-0.39, 0.29) is 16.9 Å². The number of halogens is 3. The van der Waals surface area contributed by atoms with Crippen molar-refractivity contribution < 1.29 is 13.5 Å². The maximum absolute atomic E-state index is 13.6. The molecule has 1 aromatic rings. The van der Waals surface area contributed by atoms with Gasteiger partial charge < -0.3 is 10.1 Å². The zero-order chi connectivity index (χ0) is 13.1. The molecular formula is C13H16ClF2NO. The minimum absolute atomic E-state index is 0.145. The molecule has 1 heterocycles. The summed E-state index contributed by atoms with van der Waals surface area (Å²) in [5.41, 5.74) is 0. The predicted octanol–water partition coefficient (Wildman–Crippen LogP) is 3.39. The molecule has 0 radical (unpaired) electrons. The van der Waals surface area contributed by atoms with Crippen LogP contribution in [0.3, 0.4) is 0 Å². The molecule has 2 rings (SSSR count). The molecule has 0 saturated carbocycles. The van der Waals surface area contributed by atoms with Crippen LogP contribution in [0.2, 0.25) is 5.02 Å². The fourth-order valence-corrected chi connectivity index (χ4v) is 2.47. The Morgan fingerprint density at radius 1 is 1.44 bits per heavy atom. The van der Waals surface area contributed by atoms with Crippen molar-refractivity contribution >= 4 is 11.6 Å². The van der Waals surface area contributed by atoms with Gasteiger partial charge in [-0.25, -0.2) is 8.78 Å². The highest BCUT2D eigenvalue weighted by Gasteiger charge is 2.27. The first-order valence-electron chi connectivity index (χ1n) is 6.14. The van der Waals surface area contributed by atoms with Crippen LogP contribution in [0.25, 0.3) is 0 Å². The maximum Gasteiger partial charge on any atom is 0.176 e. The van der Waals surface area contributed by atoms with E-state index in [1.807, 2.05) is 6.92 Å². The Morgan fingerprint density at radius 3 is 2.78 bits per heavy atom. The molecule has 0 spiro atoms. The third-order valence-corrected chi connectivity index (χ3v) is 3.65. The van der Waals surface area contributed by atoms with Gasteiger partial charge in [0.1, 0.15) is 16.9 Å². The Hall–Kier alpha value is -0.870. The summed E-state index contributed by atoms with van der Waals surface area (Å²) in [4.78, 5) is 0. The van der Waals surface area contributed by atoms with Crippen LogP contribution >= 0.6 is 11.6 Å². The van der Waals surface area contributed by atoms with Crippen molar-refractivity contribution in [1.82, 2.24) is 5.32 Å². The number of hydrogen-bond acceptors (Lipinski definition) is 2. The van der Waals surface area contributed by atoms with Gasteiger partial charge in [0.15, 0.2) is 11.6 Å². The second kappa shape index (κ2) is 5.85. The van der Waals surface area contributed by atoms with Crippen LogP contribution in [-0.4, -0.2) is 19.2 Å². The standard InChI is InChI=1S/C13H16ClF2NO/c1-2-11(8-5-6-17-7-8)18-13-10(16)4-3-9(15)12(13)14/h3-4,8,11,17H,2,5-7H2,1H3/t8-,11+/m0/s1. The van der Waals surface area contributed by atoms with Crippen molar-refractivity contribution in [2.24, 2.45) is 5.92 Å². The molecule has 0 aliphatic carbocycles. The molecule has 1 saturated heterocycles. The van der Waals surface area contributed by atoms with Crippen molar-refractivity contribution in [3.8, 4) is 5.75 Å². The first-order chi connectivity index (χ1) is 8.63. The van der Waals surface area contributed by atoms with Crippen molar-refractivity contribution in [3.63, 3.8) is 0 Å². The van der Waals surface area contributed by atoms with Crippen LogP contribution < -0.4 is 10.1 Å². The van der Waals surface area contributed by atoms with E-state index in [0.717, 1.165) is 38.1 Å². The fraction of sp³-hybridized carbons (Fsp3) is 0.538. The molecule has 100 valence electrons. The van der Waals surface area contributed by atoms with Gasteiger partial charge in [-0.3, -0.25) is 0 Å². The van der Waals surface area contributed by atoms with Crippen LogP contribution in [0.15, 0.2) is 12.1 Å². The third-order valence-electron chi connectivity index (χ3n) is 3.30. The average molecular weight is 276 g/mol. The molecule has 0 aromatic heterocycles. The van der Waals surface area contributed by atoms with E-state index in [4.69, 9.17) is 16.3 Å². The molecule has 0 bridgehead atoms. The molecule has 0 unspecified atom stereocenters. The van der Waals surface area contributed by atoms with Gasteiger partial charge in [0.2, 0.25) is 0 Å². The summed E-state index contributed by atoms with van der Waals surface area (Å²) >= 11 is 5.75. The Kier molecular flexibility index (Phi) is 4.40. The first kappa shape index (κ1) is 13.6. The predicted molar refractivity (Wildman–Crippen MR) is 67.1 cm³/mol. The number of benzene rings is 1. The first-order valence-corrected chi connectivity index (χ1v) is 6.52. The van der Waals surface area contributed by atoms with Gasteiger partial charge in [0.05, 0.1) is 0 Å². The number of hydrogen-bond donors (Lipinski definition) is 1. The molecule has 1 aliphatic rings. The lowest BCUT2D eigenvalue weighted by molar-refractivity contribution is 0.132. The monoisotopic (exact) mass is 275 g/mol. The molecule has 1 fully saturated rings. The highest BCUT2D eigenvalue weighted by Crippen LogP contribution is 2.33. The van der Waals surface area contributed by atoms with Gasteiger partial charge >= 0.3 is 0 Å². The van der Waals surface area contributed by atoms with E-state index in [9.17, 15) is 8.78 Å². The van der Waals surface area contributed by atoms with Gasteiger partial charge in [0, 0.05) is 12.5 Å². The van der Waals surface area contributed by atoms with Gasteiger partial charge in [-0.05, 0) is 31.5 Å². The molecular weight excluding hydrogens is 260 g/mol. The molecule has 2 nitrogen and oxygen atoms in total. The van der Waals surface area contributed by atoms with Crippen LogP contribution in [0, 0.1) is 17.6 Å². The van der Waals surface area contributed by atoms with Crippen molar-refractivity contribution in [3.05, 3.63) is 28.8 Å². The number of nitrogens with one attached hydrogen (secondary N) is 1. The van der Waals surface area contributed by atoms with Crippen LogP contribution in [-0.2, 0) is 0 Å². The fourth-order valence-electron chi connectivity index (χ4n) is 2.28. The Bertz CT molecular complexity index is 422. The van der Waals surface area contributed by atoms with Crippen LogP contribution in [0.5, 0.6) is 5.75 Å². The lowest BCUT2D eigenvalue weighted by Gasteiger charge is -2.23. The minimum Gasteiger partial charge on any atom is -0.485 e. The summed E-state index contributed by atoms with van der Waals surface area (Å²) in [7, 11) is 0. The Balaban J connectivity index is 2.18. The maximum atomic E-state index is 13.6. The average Bonchev–Trinajstić information content (AvgIpc) is 2.88. The summed E-state index contributed by atoms with van der Waals surface area (Å²) in [5, 5.41) is 2.95. The second-order valence-corrected chi connectivity index (χ2v) is 4.87. The van der Waals surface area contributed by atoms with E-state index in [1.165, 1.54) is 0 Å². The summed E-state index contributed by atoms with van der Waals surface area (Å²) < 4.78 is 32.5. The van der Waals surface area contributed by atoms with Crippen molar-refractivity contribution in [2.75, 3.05) is 13.1 Å². The molecule has 1 aromatic carbocycles. The Labute approximate surface area is 110 Å². The van der Waals surface area contributed by atoms with E-state index < -0.39 is 11.6 Å². The summed E-state index contributed by atoms with van der Waals surface area (Å²) in [6, 6.07) is 2.04. The largest absolute Gasteiger partial charge is 0.485 e. The molecule has 1 aliphatic heterocycles. The van der Waals surface area contributed by atoms with Crippen LogP contribution in [0.1, 0.15) is 19.8 Å². The van der Waals surface area contributed by atoms with Crippen molar-refractivity contribution in [2.45, 2.75) is 25.9 Å². The Morgan fingerprint density at radius 2 is 2.17 bits per heavy atom. The summed E-state index contributed by atoms with van der Waals surface area (Å²) in [6.07, 6.45) is 1.57. The van der Waals surface area contributed by atoms with E-state index >= 15 is 0 Å². The zero-order valence-corrected chi connectivity index (χ0v) is 10.9. The van der Waals surface area contributed by atoms with E-state index in [0.29, 0.717) is 5.92 Å². The SMILES string of the molecule is CC[C@@H](Oc1c(F)ccc(F)c1Cl)[C@H]1CCNC1. The lowest BCUT2D eigenvalue weighted by atomic mass is 9.99. The van der Waals surface area contributed by atoms with Gasteiger partial charge in [-0.1, -0.05) is 18.5 Å². The molecule has 1 N–H and O–H groups in total. The highest BCUT2D eigenvalue weighted by atomic mass is 35.5. The number of rotatable bonds is 4. The normalized spacial score (nSPS) is 21.0. The van der Waals surface area contributed by atoms with Crippen LogP contribution in [0.4, 0.5) is 8.78 Å². The van der Waals surface area contributed by atoms with Crippen molar-refractivity contribution in [1.29, 1.82) is 0 Å². The summed E-state index contributed by atoms with van der Waals surface area (Å²) in [6.45, 7) is 3.74. The molecule has 5 heteroatoms. The quantitative estimate of drug-likeness (QED) is 0.851. The second-order valence-electron chi connectivity index (χ2n) is 4.49. The topological polar surface area (TPSA) is 21.3 Å². The smallest absolute Gasteiger partial charge is 0.176 e. The molecule has 0 amide bonds. The number of ether oxygens (including phenoxy) is 1. The molecule has 2 atom stereocenters. The lowest BCUT2D eigenvalue weighted by Crippen LogP contribution is -2.28. The van der Waals surface area contributed by atoms with Gasteiger partial charge in [-0.15, -0.1) is 0 Å². The highest BCUT2D eigenvalue weighted by molar-refractivity contribution is 6.32. The van der Waals surface area contributed by atoms with E-state index in [1.54, 1.807) is 0 Å². The zero-order valence-electron chi connectivity index (χ0n) is 10.2.